The molecule has 1 saturated carbocycles. The van der Waals surface area contributed by atoms with Gasteiger partial charge >= 0.3 is 0 Å². The molecule has 27 heavy (non-hydrogen) atoms. The van der Waals surface area contributed by atoms with Crippen molar-refractivity contribution in [3.8, 4) is 11.4 Å². The van der Waals surface area contributed by atoms with Gasteiger partial charge in [0.2, 0.25) is 0 Å². The van der Waals surface area contributed by atoms with Crippen molar-refractivity contribution in [3.05, 3.63) is 71.9 Å². The topological polar surface area (TPSA) is 66.9 Å². The minimum Gasteiger partial charge on any atom is -0.367 e. The molecule has 2 aromatic carbocycles. The van der Waals surface area contributed by atoms with E-state index in [2.05, 4.69) is 27.5 Å². The van der Waals surface area contributed by atoms with Crippen LogP contribution in [-0.4, -0.2) is 21.9 Å². The fourth-order valence-corrected chi connectivity index (χ4v) is 2.93. The lowest BCUT2D eigenvalue weighted by atomic mass is 10.1. The molecule has 1 aliphatic rings. The van der Waals surface area contributed by atoms with E-state index >= 15 is 0 Å². The van der Waals surface area contributed by atoms with E-state index in [1.54, 1.807) is 6.07 Å². The SMILES string of the molecule is CCc1ccccc1NC(=O)c1cc(NC2CC2)nc(-c2ccccc2)n1. The predicted octanol–water partition coefficient (Wildman–Crippen LogP) is 4.53. The number of aromatic nitrogens is 2. The zero-order chi connectivity index (χ0) is 18.6. The summed E-state index contributed by atoms with van der Waals surface area (Å²) in [5.41, 5.74) is 3.17. The van der Waals surface area contributed by atoms with Crippen molar-refractivity contribution in [1.82, 2.24) is 9.97 Å². The third-order valence-electron chi connectivity index (χ3n) is 4.57. The molecule has 2 N–H and O–H groups in total. The normalized spacial score (nSPS) is 13.2. The number of hydrogen-bond acceptors (Lipinski definition) is 4. The number of amides is 1. The summed E-state index contributed by atoms with van der Waals surface area (Å²) in [6.07, 6.45) is 3.12. The van der Waals surface area contributed by atoms with Gasteiger partial charge in [-0.25, -0.2) is 9.97 Å². The molecule has 1 aromatic heterocycles. The molecule has 5 nitrogen and oxygen atoms in total. The van der Waals surface area contributed by atoms with Crippen LogP contribution in [0.4, 0.5) is 11.5 Å². The zero-order valence-corrected chi connectivity index (χ0v) is 15.3. The van der Waals surface area contributed by atoms with Gasteiger partial charge in [-0.1, -0.05) is 55.5 Å². The first-order valence-electron chi connectivity index (χ1n) is 9.33. The second-order valence-electron chi connectivity index (χ2n) is 6.71. The number of hydrogen-bond donors (Lipinski definition) is 2. The highest BCUT2D eigenvalue weighted by Gasteiger charge is 2.23. The molecule has 3 aromatic rings. The summed E-state index contributed by atoms with van der Waals surface area (Å²) in [5, 5.41) is 6.37. The molecule has 0 unspecified atom stereocenters. The van der Waals surface area contributed by atoms with Crippen LogP contribution in [0.5, 0.6) is 0 Å². The molecule has 0 radical (unpaired) electrons. The maximum atomic E-state index is 12.9. The molecule has 0 saturated heterocycles. The summed E-state index contributed by atoms with van der Waals surface area (Å²) in [5.74, 6) is 1.02. The standard InChI is InChI=1S/C22H22N4O/c1-2-15-8-6-7-11-18(15)25-22(27)19-14-20(23-17-12-13-17)26-21(24-19)16-9-4-3-5-10-16/h3-11,14,17H,2,12-13H2,1H3,(H,25,27)(H,23,24,26). The molecule has 0 spiro atoms. The molecule has 0 atom stereocenters. The van der Waals surface area contributed by atoms with E-state index < -0.39 is 0 Å². The van der Waals surface area contributed by atoms with Crippen molar-refractivity contribution in [1.29, 1.82) is 0 Å². The number of nitrogens with one attached hydrogen (secondary N) is 2. The van der Waals surface area contributed by atoms with Crippen LogP contribution in [0.3, 0.4) is 0 Å². The first-order valence-corrected chi connectivity index (χ1v) is 9.33. The highest BCUT2D eigenvalue weighted by molar-refractivity contribution is 6.04. The van der Waals surface area contributed by atoms with Gasteiger partial charge in [0.05, 0.1) is 0 Å². The zero-order valence-electron chi connectivity index (χ0n) is 15.3. The number of carbonyl (C=O) groups excluding carboxylic acids is 1. The smallest absolute Gasteiger partial charge is 0.274 e. The predicted molar refractivity (Wildman–Crippen MR) is 108 cm³/mol. The maximum Gasteiger partial charge on any atom is 0.274 e. The van der Waals surface area contributed by atoms with Gasteiger partial charge in [0.15, 0.2) is 5.82 Å². The van der Waals surface area contributed by atoms with E-state index in [0.29, 0.717) is 23.4 Å². The Kier molecular flexibility index (Phi) is 4.83. The largest absolute Gasteiger partial charge is 0.367 e. The lowest BCUT2D eigenvalue weighted by Crippen LogP contribution is -2.17. The maximum absolute atomic E-state index is 12.9. The third kappa shape index (κ3) is 4.14. The first kappa shape index (κ1) is 17.2. The third-order valence-corrected chi connectivity index (χ3v) is 4.57. The quantitative estimate of drug-likeness (QED) is 0.679. The van der Waals surface area contributed by atoms with Crippen LogP contribution < -0.4 is 10.6 Å². The summed E-state index contributed by atoms with van der Waals surface area (Å²) in [4.78, 5) is 22.0. The van der Waals surface area contributed by atoms with E-state index in [1.807, 2.05) is 54.6 Å². The lowest BCUT2D eigenvalue weighted by molar-refractivity contribution is 0.102. The fourth-order valence-electron chi connectivity index (χ4n) is 2.93. The average Bonchev–Trinajstić information content (AvgIpc) is 3.53. The summed E-state index contributed by atoms with van der Waals surface area (Å²) in [6.45, 7) is 2.07. The Bertz CT molecular complexity index is 952. The molecule has 0 aliphatic heterocycles. The number of nitrogens with zero attached hydrogens (tertiary/aromatic N) is 2. The molecular weight excluding hydrogens is 336 g/mol. The Balaban J connectivity index is 1.67. The van der Waals surface area contributed by atoms with E-state index in [-0.39, 0.29) is 5.91 Å². The molecule has 1 heterocycles. The fraction of sp³-hybridized carbons (Fsp3) is 0.227. The van der Waals surface area contributed by atoms with Gasteiger partial charge in [0, 0.05) is 23.4 Å². The first-order chi connectivity index (χ1) is 13.2. The highest BCUT2D eigenvalue weighted by Crippen LogP contribution is 2.26. The van der Waals surface area contributed by atoms with Crippen molar-refractivity contribution in [3.63, 3.8) is 0 Å². The summed E-state index contributed by atoms with van der Waals surface area (Å²) in [7, 11) is 0. The highest BCUT2D eigenvalue weighted by atomic mass is 16.1. The van der Waals surface area contributed by atoms with E-state index in [1.165, 1.54) is 0 Å². The van der Waals surface area contributed by atoms with Gasteiger partial charge in [-0.2, -0.15) is 0 Å². The monoisotopic (exact) mass is 358 g/mol. The van der Waals surface area contributed by atoms with Gasteiger partial charge < -0.3 is 10.6 Å². The molecular formula is C22H22N4O. The van der Waals surface area contributed by atoms with Crippen molar-refractivity contribution in [2.75, 3.05) is 10.6 Å². The summed E-state index contributed by atoms with van der Waals surface area (Å²) in [6, 6.07) is 19.7. The van der Waals surface area contributed by atoms with E-state index in [9.17, 15) is 4.79 Å². The lowest BCUT2D eigenvalue weighted by Gasteiger charge is -2.12. The number of carbonyl (C=O) groups is 1. The molecule has 0 bridgehead atoms. The molecule has 1 amide bonds. The number of rotatable bonds is 6. The van der Waals surface area contributed by atoms with Crippen molar-refractivity contribution in [2.24, 2.45) is 0 Å². The Morgan fingerprint density at radius 1 is 1.04 bits per heavy atom. The average molecular weight is 358 g/mol. The second kappa shape index (κ2) is 7.58. The van der Waals surface area contributed by atoms with Gasteiger partial charge in [-0.05, 0) is 30.9 Å². The Labute approximate surface area is 158 Å². The van der Waals surface area contributed by atoms with Crippen molar-refractivity contribution in [2.45, 2.75) is 32.2 Å². The van der Waals surface area contributed by atoms with Crippen molar-refractivity contribution < 1.29 is 4.79 Å². The second-order valence-corrected chi connectivity index (χ2v) is 6.71. The molecule has 4 rings (SSSR count). The van der Waals surface area contributed by atoms with Crippen molar-refractivity contribution >= 4 is 17.4 Å². The Morgan fingerprint density at radius 2 is 1.78 bits per heavy atom. The van der Waals surface area contributed by atoms with Crippen LogP contribution in [0.1, 0.15) is 35.8 Å². The summed E-state index contributed by atoms with van der Waals surface area (Å²) >= 11 is 0. The van der Waals surface area contributed by atoms with E-state index in [0.717, 1.165) is 36.1 Å². The minimum atomic E-state index is -0.227. The van der Waals surface area contributed by atoms with Crippen LogP contribution in [0, 0.1) is 0 Å². The van der Waals surface area contributed by atoms with Crippen LogP contribution in [-0.2, 0) is 6.42 Å². The van der Waals surface area contributed by atoms with Crippen LogP contribution in [0.2, 0.25) is 0 Å². The van der Waals surface area contributed by atoms with E-state index in [4.69, 9.17) is 0 Å². The van der Waals surface area contributed by atoms with Crippen LogP contribution in [0.25, 0.3) is 11.4 Å². The van der Waals surface area contributed by atoms with Crippen LogP contribution >= 0.6 is 0 Å². The molecule has 5 heteroatoms. The van der Waals surface area contributed by atoms with Crippen LogP contribution in [0.15, 0.2) is 60.7 Å². The Morgan fingerprint density at radius 3 is 2.52 bits per heavy atom. The molecule has 136 valence electrons. The number of anilines is 2. The number of aryl methyl sites for hydroxylation is 1. The number of para-hydroxylation sites is 1. The molecule has 1 aliphatic carbocycles. The Hall–Kier alpha value is -3.21. The molecule has 1 fully saturated rings. The van der Waals surface area contributed by atoms with Gasteiger partial charge in [0.25, 0.3) is 5.91 Å². The minimum absolute atomic E-state index is 0.227. The van der Waals surface area contributed by atoms with Gasteiger partial charge in [-0.15, -0.1) is 0 Å². The van der Waals surface area contributed by atoms with Gasteiger partial charge in [0.1, 0.15) is 11.5 Å². The summed E-state index contributed by atoms with van der Waals surface area (Å²) < 4.78 is 0. The van der Waals surface area contributed by atoms with Gasteiger partial charge in [-0.3, -0.25) is 4.79 Å². The number of benzene rings is 2.